The molecule has 0 amide bonds. The highest BCUT2D eigenvalue weighted by atomic mass is 16.5. The van der Waals surface area contributed by atoms with Gasteiger partial charge in [-0.1, -0.05) is 31.9 Å². The maximum Gasteiger partial charge on any atom is 0.118 e. The minimum atomic E-state index is -0.441. The normalized spacial score (nSPS) is 24.4. The molecule has 0 heterocycles. The second-order valence-corrected chi connectivity index (χ2v) is 6.07. The van der Waals surface area contributed by atoms with Crippen molar-refractivity contribution in [2.45, 2.75) is 38.7 Å². The molecule has 0 aliphatic heterocycles. The van der Waals surface area contributed by atoms with Crippen LogP contribution < -0.4 is 10.1 Å². The first kappa shape index (κ1) is 15.3. The smallest absolute Gasteiger partial charge is 0.118 e. The minimum Gasteiger partial charge on any atom is -0.497 e. The number of ether oxygens (including phenoxy) is 1. The molecule has 0 spiro atoms. The number of hydrogen-bond donors (Lipinski definition) is 2. The van der Waals surface area contributed by atoms with Gasteiger partial charge in [0.15, 0.2) is 0 Å². The zero-order valence-corrected chi connectivity index (χ0v) is 12.6. The van der Waals surface area contributed by atoms with Crippen LogP contribution in [0.5, 0.6) is 5.75 Å². The number of hydrogen-bond acceptors (Lipinski definition) is 3. The van der Waals surface area contributed by atoms with Crippen LogP contribution in [0.25, 0.3) is 0 Å². The third kappa shape index (κ3) is 4.50. The van der Waals surface area contributed by atoms with Gasteiger partial charge in [0.05, 0.1) is 13.2 Å². The first-order valence-electron chi connectivity index (χ1n) is 7.71. The highest BCUT2D eigenvalue weighted by Crippen LogP contribution is 2.27. The molecular weight excluding hydrogens is 250 g/mol. The standard InChI is InChI=1S/C17H27NO2/c1-13-3-5-14(6-4-13)11-18-12-17(19)15-7-9-16(20-2)10-8-15/h7-10,13-14,17-19H,3-6,11-12H2,1-2H3. The van der Waals surface area contributed by atoms with Crippen molar-refractivity contribution < 1.29 is 9.84 Å². The molecule has 1 fully saturated rings. The summed E-state index contributed by atoms with van der Waals surface area (Å²) in [6, 6.07) is 7.63. The van der Waals surface area contributed by atoms with E-state index in [4.69, 9.17) is 4.74 Å². The molecule has 1 aliphatic rings. The molecule has 20 heavy (non-hydrogen) atoms. The van der Waals surface area contributed by atoms with E-state index in [1.807, 2.05) is 24.3 Å². The van der Waals surface area contributed by atoms with Crippen LogP contribution in [-0.4, -0.2) is 25.3 Å². The van der Waals surface area contributed by atoms with Crippen LogP contribution in [0.3, 0.4) is 0 Å². The van der Waals surface area contributed by atoms with Crippen LogP contribution in [0.2, 0.25) is 0 Å². The molecule has 1 aliphatic carbocycles. The average Bonchev–Trinajstić information content (AvgIpc) is 2.49. The van der Waals surface area contributed by atoms with Gasteiger partial charge < -0.3 is 15.2 Å². The molecule has 2 rings (SSSR count). The van der Waals surface area contributed by atoms with E-state index in [2.05, 4.69) is 12.2 Å². The fourth-order valence-corrected chi connectivity index (χ4v) is 2.90. The predicted octanol–water partition coefficient (Wildman–Crippen LogP) is 3.14. The summed E-state index contributed by atoms with van der Waals surface area (Å²) in [5, 5.41) is 13.6. The van der Waals surface area contributed by atoms with Crippen LogP contribution in [0.4, 0.5) is 0 Å². The Kier molecular flexibility index (Phi) is 5.86. The molecule has 112 valence electrons. The second-order valence-electron chi connectivity index (χ2n) is 6.07. The van der Waals surface area contributed by atoms with E-state index in [1.165, 1.54) is 25.7 Å². The first-order valence-corrected chi connectivity index (χ1v) is 7.71. The highest BCUT2D eigenvalue weighted by Gasteiger charge is 2.18. The fourth-order valence-electron chi connectivity index (χ4n) is 2.90. The molecule has 1 aromatic rings. The maximum absolute atomic E-state index is 10.2. The molecule has 1 atom stereocenters. The van der Waals surface area contributed by atoms with Crippen molar-refractivity contribution in [3.63, 3.8) is 0 Å². The van der Waals surface area contributed by atoms with Crippen molar-refractivity contribution in [2.75, 3.05) is 20.2 Å². The summed E-state index contributed by atoms with van der Waals surface area (Å²) in [5.74, 6) is 2.51. The molecule has 0 bridgehead atoms. The lowest BCUT2D eigenvalue weighted by Gasteiger charge is -2.26. The van der Waals surface area contributed by atoms with Crippen LogP contribution in [-0.2, 0) is 0 Å². The van der Waals surface area contributed by atoms with Gasteiger partial charge >= 0.3 is 0 Å². The number of nitrogens with one attached hydrogen (secondary N) is 1. The van der Waals surface area contributed by atoms with Gasteiger partial charge in [-0.15, -0.1) is 0 Å². The van der Waals surface area contributed by atoms with Crippen LogP contribution in [0.15, 0.2) is 24.3 Å². The molecule has 0 saturated heterocycles. The average molecular weight is 277 g/mol. The monoisotopic (exact) mass is 277 g/mol. The van der Waals surface area contributed by atoms with Crippen LogP contribution in [0.1, 0.15) is 44.3 Å². The maximum atomic E-state index is 10.2. The van der Waals surface area contributed by atoms with Crippen molar-refractivity contribution in [1.82, 2.24) is 5.32 Å². The van der Waals surface area contributed by atoms with E-state index >= 15 is 0 Å². The Labute approximate surface area is 122 Å². The zero-order chi connectivity index (χ0) is 14.4. The van der Waals surface area contributed by atoms with Gasteiger partial charge in [-0.05, 0) is 48.9 Å². The van der Waals surface area contributed by atoms with Gasteiger partial charge in [0, 0.05) is 6.54 Å². The molecule has 0 radical (unpaired) electrons. The number of benzene rings is 1. The van der Waals surface area contributed by atoms with Crippen molar-refractivity contribution in [2.24, 2.45) is 11.8 Å². The Bertz CT molecular complexity index is 382. The lowest BCUT2D eigenvalue weighted by Crippen LogP contribution is -2.29. The topological polar surface area (TPSA) is 41.5 Å². The van der Waals surface area contributed by atoms with Gasteiger partial charge in [-0.2, -0.15) is 0 Å². The summed E-state index contributed by atoms with van der Waals surface area (Å²) in [6.45, 7) is 4.00. The SMILES string of the molecule is COc1ccc(C(O)CNCC2CCC(C)CC2)cc1. The number of aliphatic hydroxyl groups is 1. The minimum absolute atomic E-state index is 0.441. The molecule has 1 saturated carbocycles. The van der Waals surface area contributed by atoms with Crippen molar-refractivity contribution in [3.05, 3.63) is 29.8 Å². The van der Waals surface area contributed by atoms with Gasteiger partial charge in [0.2, 0.25) is 0 Å². The Morgan fingerprint density at radius 1 is 1.20 bits per heavy atom. The molecule has 3 nitrogen and oxygen atoms in total. The molecule has 0 aromatic heterocycles. The Balaban J connectivity index is 1.70. The summed E-state index contributed by atoms with van der Waals surface area (Å²) >= 11 is 0. The fraction of sp³-hybridized carbons (Fsp3) is 0.647. The Morgan fingerprint density at radius 3 is 2.45 bits per heavy atom. The quantitative estimate of drug-likeness (QED) is 0.839. The lowest BCUT2D eigenvalue weighted by molar-refractivity contribution is 0.169. The number of aliphatic hydroxyl groups excluding tert-OH is 1. The summed E-state index contributed by atoms with van der Waals surface area (Å²) in [5.41, 5.74) is 0.940. The van der Waals surface area contributed by atoms with E-state index in [0.29, 0.717) is 6.54 Å². The van der Waals surface area contributed by atoms with E-state index in [9.17, 15) is 5.11 Å². The molecular formula is C17H27NO2. The van der Waals surface area contributed by atoms with Crippen molar-refractivity contribution >= 4 is 0 Å². The van der Waals surface area contributed by atoms with Gasteiger partial charge in [0.1, 0.15) is 5.75 Å². The summed E-state index contributed by atoms with van der Waals surface area (Å²) < 4.78 is 5.12. The third-order valence-electron chi connectivity index (χ3n) is 4.41. The van der Waals surface area contributed by atoms with Gasteiger partial charge in [-0.3, -0.25) is 0 Å². The van der Waals surface area contributed by atoms with Crippen molar-refractivity contribution in [1.29, 1.82) is 0 Å². The lowest BCUT2D eigenvalue weighted by atomic mass is 9.83. The predicted molar refractivity (Wildman–Crippen MR) is 81.9 cm³/mol. The second kappa shape index (κ2) is 7.65. The van der Waals surface area contributed by atoms with Gasteiger partial charge in [-0.25, -0.2) is 0 Å². The summed E-state index contributed by atoms with van der Waals surface area (Å²) in [7, 11) is 1.65. The summed E-state index contributed by atoms with van der Waals surface area (Å²) in [4.78, 5) is 0. The number of rotatable bonds is 6. The van der Waals surface area contributed by atoms with Crippen LogP contribution >= 0.6 is 0 Å². The highest BCUT2D eigenvalue weighted by molar-refractivity contribution is 5.28. The Hall–Kier alpha value is -1.06. The number of methoxy groups -OCH3 is 1. The molecule has 3 heteroatoms. The molecule has 2 N–H and O–H groups in total. The molecule has 1 aromatic carbocycles. The Morgan fingerprint density at radius 2 is 1.85 bits per heavy atom. The van der Waals surface area contributed by atoms with E-state index < -0.39 is 6.10 Å². The van der Waals surface area contributed by atoms with Crippen molar-refractivity contribution in [3.8, 4) is 5.75 Å². The largest absolute Gasteiger partial charge is 0.497 e. The van der Waals surface area contributed by atoms with E-state index in [1.54, 1.807) is 7.11 Å². The van der Waals surface area contributed by atoms with E-state index in [0.717, 1.165) is 29.7 Å². The van der Waals surface area contributed by atoms with E-state index in [-0.39, 0.29) is 0 Å². The third-order valence-corrected chi connectivity index (χ3v) is 4.41. The first-order chi connectivity index (χ1) is 9.69. The zero-order valence-electron chi connectivity index (χ0n) is 12.6. The summed E-state index contributed by atoms with van der Waals surface area (Å²) in [6.07, 6.45) is 4.92. The molecule has 1 unspecified atom stereocenters. The van der Waals surface area contributed by atoms with Crippen LogP contribution in [0, 0.1) is 11.8 Å². The van der Waals surface area contributed by atoms with Gasteiger partial charge in [0.25, 0.3) is 0 Å².